The summed E-state index contributed by atoms with van der Waals surface area (Å²) in [5.41, 5.74) is -0.141. The van der Waals surface area contributed by atoms with Gasteiger partial charge in [-0.05, 0) is 55.4 Å². The fourth-order valence-electron chi connectivity index (χ4n) is 3.66. The number of aryl methyl sites for hydroxylation is 1. The summed E-state index contributed by atoms with van der Waals surface area (Å²) in [5, 5.41) is 19.8. The van der Waals surface area contributed by atoms with Crippen LogP contribution in [0.5, 0.6) is 11.5 Å². The normalized spacial score (nSPS) is 17.5. The average molecular weight is 393 g/mol. The Morgan fingerprint density at radius 3 is 2.46 bits per heavy atom. The highest BCUT2D eigenvalue weighted by atomic mass is 19.4. The van der Waals surface area contributed by atoms with Crippen molar-refractivity contribution in [1.29, 1.82) is 0 Å². The van der Waals surface area contributed by atoms with Crippen LogP contribution in [0.25, 0.3) is 0 Å². The Morgan fingerprint density at radius 1 is 1.11 bits per heavy atom. The first-order chi connectivity index (χ1) is 13.3. The molecule has 1 aliphatic rings. The van der Waals surface area contributed by atoms with Gasteiger partial charge >= 0.3 is 6.18 Å². The molecule has 150 valence electrons. The van der Waals surface area contributed by atoms with Gasteiger partial charge in [-0.3, -0.25) is 4.79 Å². The Morgan fingerprint density at radius 2 is 1.79 bits per heavy atom. The van der Waals surface area contributed by atoms with Gasteiger partial charge in [-0.1, -0.05) is 24.3 Å². The van der Waals surface area contributed by atoms with Crippen molar-refractivity contribution < 1.29 is 28.2 Å². The molecule has 1 saturated heterocycles. The number of phenols is 2. The van der Waals surface area contributed by atoms with Crippen LogP contribution in [0.1, 0.15) is 40.7 Å². The average Bonchev–Trinajstić information content (AvgIpc) is 2.66. The second-order valence-electron chi connectivity index (χ2n) is 7.17. The van der Waals surface area contributed by atoms with Crippen molar-refractivity contribution >= 4 is 5.91 Å². The van der Waals surface area contributed by atoms with Gasteiger partial charge in [0, 0.05) is 13.1 Å². The minimum absolute atomic E-state index is 0.110. The zero-order valence-electron chi connectivity index (χ0n) is 15.2. The number of carbonyl (C=O) groups excluding carboxylic acids is 1. The van der Waals surface area contributed by atoms with E-state index in [0.717, 1.165) is 18.9 Å². The number of alkyl halides is 3. The van der Waals surface area contributed by atoms with E-state index in [4.69, 9.17) is 0 Å². The van der Waals surface area contributed by atoms with Gasteiger partial charge < -0.3 is 15.1 Å². The number of rotatable bonds is 4. The van der Waals surface area contributed by atoms with Crippen LogP contribution in [0, 0.1) is 5.92 Å². The molecule has 1 fully saturated rings. The van der Waals surface area contributed by atoms with Crippen LogP contribution >= 0.6 is 0 Å². The molecule has 0 radical (unpaired) electrons. The third-order valence-electron chi connectivity index (χ3n) is 5.14. The highest BCUT2D eigenvalue weighted by Crippen LogP contribution is 2.32. The predicted octanol–water partition coefficient (Wildman–Crippen LogP) is 4.60. The van der Waals surface area contributed by atoms with E-state index >= 15 is 0 Å². The zero-order valence-corrected chi connectivity index (χ0v) is 15.2. The highest BCUT2D eigenvalue weighted by Gasteiger charge is 2.31. The fraction of sp³-hybridized carbons (Fsp3) is 0.381. The molecule has 1 amide bonds. The molecule has 1 atom stereocenters. The van der Waals surface area contributed by atoms with Gasteiger partial charge in [-0.2, -0.15) is 13.2 Å². The minimum atomic E-state index is -4.36. The van der Waals surface area contributed by atoms with E-state index in [1.165, 1.54) is 30.3 Å². The maximum absolute atomic E-state index is 12.8. The molecule has 1 aliphatic heterocycles. The summed E-state index contributed by atoms with van der Waals surface area (Å²) in [6.07, 6.45) is -1.54. The number of aromatic hydroxyl groups is 2. The van der Waals surface area contributed by atoms with Gasteiger partial charge in [-0.15, -0.1) is 0 Å². The number of hydrogen-bond acceptors (Lipinski definition) is 3. The lowest BCUT2D eigenvalue weighted by molar-refractivity contribution is -0.137. The number of halogens is 3. The summed E-state index contributed by atoms with van der Waals surface area (Å²) in [7, 11) is 0. The Balaban J connectivity index is 1.64. The number of benzene rings is 2. The number of carbonyl (C=O) groups is 1. The van der Waals surface area contributed by atoms with Gasteiger partial charge in [0.1, 0.15) is 17.1 Å². The van der Waals surface area contributed by atoms with E-state index in [1.807, 2.05) is 0 Å². The Labute approximate surface area is 161 Å². The van der Waals surface area contributed by atoms with Gasteiger partial charge in [0.15, 0.2) is 0 Å². The maximum Gasteiger partial charge on any atom is 0.416 e. The van der Waals surface area contributed by atoms with Gasteiger partial charge in [0.25, 0.3) is 5.91 Å². The van der Waals surface area contributed by atoms with Crippen LogP contribution in [-0.4, -0.2) is 34.1 Å². The molecule has 2 aromatic rings. The fourth-order valence-corrected chi connectivity index (χ4v) is 3.66. The largest absolute Gasteiger partial charge is 0.507 e. The molecule has 0 unspecified atom stereocenters. The third kappa shape index (κ3) is 4.58. The molecule has 0 saturated carbocycles. The maximum atomic E-state index is 12.8. The third-order valence-corrected chi connectivity index (χ3v) is 5.14. The van der Waals surface area contributed by atoms with E-state index in [0.29, 0.717) is 31.5 Å². The van der Waals surface area contributed by atoms with Crippen molar-refractivity contribution in [2.45, 2.75) is 31.9 Å². The van der Waals surface area contributed by atoms with Crippen molar-refractivity contribution in [3.63, 3.8) is 0 Å². The first kappa shape index (κ1) is 20.0. The second kappa shape index (κ2) is 8.12. The summed E-state index contributed by atoms with van der Waals surface area (Å²) in [4.78, 5) is 14.3. The molecule has 4 nitrogen and oxygen atoms in total. The number of phenolic OH excluding ortho intramolecular Hbond substituents is 2. The summed E-state index contributed by atoms with van der Waals surface area (Å²) in [6.45, 7) is 0.970. The molecule has 3 rings (SSSR count). The number of nitrogens with zero attached hydrogens (tertiary/aromatic N) is 1. The SMILES string of the molecule is O=C(c1c(O)cccc1O)N1CCC[C@@H](CCc2cccc(C(F)(F)F)c2)C1. The molecular formula is C21H22F3NO3. The molecule has 0 aromatic heterocycles. The Kier molecular flexibility index (Phi) is 5.82. The zero-order chi connectivity index (χ0) is 20.3. The van der Waals surface area contributed by atoms with Crippen LogP contribution in [0.3, 0.4) is 0 Å². The topological polar surface area (TPSA) is 60.8 Å². The number of amides is 1. The lowest BCUT2D eigenvalue weighted by Crippen LogP contribution is -2.40. The van der Waals surface area contributed by atoms with Crippen molar-refractivity contribution in [2.24, 2.45) is 5.92 Å². The number of hydrogen-bond donors (Lipinski definition) is 2. The van der Waals surface area contributed by atoms with Crippen molar-refractivity contribution in [3.05, 3.63) is 59.2 Å². The van der Waals surface area contributed by atoms with Crippen LogP contribution < -0.4 is 0 Å². The second-order valence-corrected chi connectivity index (χ2v) is 7.17. The molecule has 2 aromatic carbocycles. The highest BCUT2D eigenvalue weighted by molar-refractivity contribution is 5.99. The monoisotopic (exact) mass is 393 g/mol. The van der Waals surface area contributed by atoms with Crippen LogP contribution in [0.2, 0.25) is 0 Å². The van der Waals surface area contributed by atoms with Gasteiger partial charge in [-0.25, -0.2) is 0 Å². The van der Waals surface area contributed by atoms with E-state index in [-0.39, 0.29) is 23.0 Å². The molecule has 0 bridgehead atoms. The summed E-state index contributed by atoms with van der Waals surface area (Å²) in [6, 6.07) is 9.48. The first-order valence-corrected chi connectivity index (χ1v) is 9.22. The smallest absolute Gasteiger partial charge is 0.416 e. The van der Waals surface area contributed by atoms with E-state index in [9.17, 15) is 28.2 Å². The summed E-state index contributed by atoms with van der Waals surface area (Å²) >= 11 is 0. The van der Waals surface area contributed by atoms with E-state index in [1.54, 1.807) is 11.0 Å². The van der Waals surface area contributed by atoms with E-state index in [2.05, 4.69) is 0 Å². The standard InChI is InChI=1S/C21H22F3NO3/c22-21(23,24)16-6-1-4-14(12-16)9-10-15-5-3-11-25(13-15)20(28)19-17(26)7-2-8-18(19)27/h1-2,4,6-8,12,15,26-27H,3,5,9-11,13H2/t15-/m0/s1. The molecule has 7 heteroatoms. The molecule has 1 heterocycles. The quantitative estimate of drug-likeness (QED) is 0.798. The van der Waals surface area contributed by atoms with Crippen LogP contribution in [0.4, 0.5) is 13.2 Å². The first-order valence-electron chi connectivity index (χ1n) is 9.22. The number of piperidine rings is 1. The molecular weight excluding hydrogens is 371 g/mol. The molecule has 28 heavy (non-hydrogen) atoms. The molecule has 0 aliphatic carbocycles. The predicted molar refractivity (Wildman–Crippen MR) is 98.2 cm³/mol. The van der Waals surface area contributed by atoms with Crippen molar-refractivity contribution in [3.8, 4) is 11.5 Å². The van der Waals surface area contributed by atoms with Gasteiger partial charge in [0.05, 0.1) is 5.56 Å². The van der Waals surface area contributed by atoms with E-state index < -0.39 is 17.6 Å². The summed E-state index contributed by atoms with van der Waals surface area (Å²) < 4.78 is 38.5. The van der Waals surface area contributed by atoms with Crippen LogP contribution in [-0.2, 0) is 12.6 Å². The van der Waals surface area contributed by atoms with Crippen molar-refractivity contribution in [1.82, 2.24) is 4.90 Å². The summed E-state index contributed by atoms with van der Waals surface area (Å²) in [5.74, 6) is -0.813. The van der Waals surface area contributed by atoms with Crippen LogP contribution in [0.15, 0.2) is 42.5 Å². The minimum Gasteiger partial charge on any atom is -0.507 e. The number of likely N-dealkylation sites (tertiary alicyclic amines) is 1. The van der Waals surface area contributed by atoms with Gasteiger partial charge in [0.2, 0.25) is 0 Å². The lowest BCUT2D eigenvalue weighted by atomic mass is 9.91. The Bertz CT molecular complexity index is 831. The van der Waals surface area contributed by atoms with Crippen molar-refractivity contribution in [2.75, 3.05) is 13.1 Å². The molecule has 0 spiro atoms. The lowest BCUT2D eigenvalue weighted by Gasteiger charge is -2.33. The Hall–Kier alpha value is -2.70. The molecule has 2 N–H and O–H groups in total.